The van der Waals surface area contributed by atoms with Crippen molar-refractivity contribution >= 4 is 17.3 Å². The Morgan fingerprint density at radius 3 is 2.43 bits per heavy atom. The molecule has 0 radical (unpaired) electrons. The Bertz CT molecular complexity index is 611. The molecule has 0 spiro atoms. The molecule has 4 nitrogen and oxygen atoms in total. The van der Waals surface area contributed by atoms with Gasteiger partial charge < -0.3 is 15.4 Å². The van der Waals surface area contributed by atoms with E-state index >= 15 is 0 Å². The number of carbonyl (C=O) groups is 1. The second kappa shape index (κ2) is 7.45. The topological polar surface area (TPSA) is 50.4 Å². The van der Waals surface area contributed by atoms with Crippen molar-refractivity contribution in [2.45, 2.75) is 13.5 Å². The number of anilines is 2. The van der Waals surface area contributed by atoms with Crippen LogP contribution in [0.1, 0.15) is 11.1 Å². The zero-order valence-corrected chi connectivity index (χ0v) is 12.3. The molecule has 0 saturated heterocycles. The van der Waals surface area contributed by atoms with Crippen molar-refractivity contribution in [2.24, 2.45) is 0 Å². The van der Waals surface area contributed by atoms with E-state index in [0.717, 1.165) is 11.4 Å². The van der Waals surface area contributed by atoms with Crippen molar-refractivity contribution in [3.8, 4) is 0 Å². The van der Waals surface area contributed by atoms with Gasteiger partial charge in [0.1, 0.15) is 6.61 Å². The van der Waals surface area contributed by atoms with E-state index in [-0.39, 0.29) is 12.5 Å². The van der Waals surface area contributed by atoms with Crippen molar-refractivity contribution in [1.82, 2.24) is 0 Å². The maximum atomic E-state index is 11.6. The summed E-state index contributed by atoms with van der Waals surface area (Å²) in [6.45, 7) is 2.85. The lowest BCUT2D eigenvalue weighted by Gasteiger charge is -2.14. The van der Waals surface area contributed by atoms with Crippen molar-refractivity contribution in [3.63, 3.8) is 0 Å². The fourth-order valence-electron chi connectivity index (χ4n) is 2.06. The SMILES string of the molecule is COCC(=O)Nc1ccccc1NCc1ccccc1C. The molecule has 0 heterocycles. The lowest BCUT2D eigenvalue weighted by Crippen LogP contribution is -2.18. The van der Waals surface area contributed by atoms with Gasteiger partial charge >= 0.3 is 0 Å². The number of para-hydroxylation sites is 2. The second-order valence-corrected chi connectivity index (χ2v) is 4.81. The summed E-state index contributed by atoms with van der Waals surface area (Å²) in [6, 6.07) is 15.9. The fourth-order valence-corrected chi connectivity index (χ4v) is 2.06. The Morgan fingerprint density at radius 2 is 1.71 bits per heavy atom. The van der Waals surface area contributed by atoms with E-state index in [0.29, 0.717) is 6.54 Å². The minimum Gasteiger partial charge on any atom is -0.379 e. The summed E-state index contributed by atoms with van der Waals surface area (Å²) in [5.74, 6) is -0.164. The van der Waals surface area contributed by atoms with Crippen LogP contribution in [0.5, 0.6) is 0 Å². The molecule has 2 aromatic carbocycles. The van der Waals surface area contributed by atoms with E-state index in [4.69, 9.17) is 4.74 Å². The minimum atomic E-state index is -0.164. The fraction of sp³-hybridized carbons (Fsp3) is 0.235. The smallest absolute Gasteiger partial charge is 0.250 e. The van der Waals surface area contributed by atoms with Gasteiger partial charge in [0.2, 0.25) is 5.91 Å². The second-order valence-electron chi connectivity index (χ2n) is 4.81. The Labute approximate surface area is 125 Å². The normalized spacial score (nSPS) is 10.2. The van der Waals surface area contributed by atoms with Gasteiger partial charge in [-0.3, -0.25) is 4.79 Å². The number of hydrogen-bond donors (Lipinski definition) is 2. The Balaban J connectivity index is 2.06. The van der Waals surface area contributed by atoms with Gasteiger partial charge in [-0.05, 0) is 30.2 Å². The number of nitrogens with one attached hydrogen (secondary N) is 2. The molecule has 21 heavy (non-hydrogen) atoms. The van der Waals surface area contributed by atoms with Crippen LogP contribution in [-0.4, -0.2) is 19.6 Å². The molecule has 2 rings (SSSR count). The summed E-state index contributed by atoms with van der Waals surface area (Å²) in [6.07, 6.45) is 0. The van der Waals surface area contributed by atoms with E-state index in [1.54, 1.807) is 0 Å². The van der Waals surface area contributed by atoms with Crippen molar-refractivity contribution in [3.05, 3.63) is 59.7 Å². The highest BCUT2D eigenvalue weighted by molar-refractivity contribution is 5.94. The number of hydrogen-bond acceptors (Lipinski definition) is 3. The maximum absolute atomic E-state index is 11.6. The summed E-state index contributed by atoms with van der Waals surface area (Å²) in [4.78, 5) is 11.6. The van der Waals surface area contributed by atoms with Gasteiger partial charge in [-0.25, -0.2) is 0 Å². The number of rotatable bonds is 6. The predicted octanol–water partition coefficient (Wildman–Crippen LogP) is 3.19. The Morgan fingerprint density at radius 1 is 1.05 bits per heavy atom. The third-order valence-corrected chi connectivity index (χ3v) is 3.21. The van der Waals surface area contributed by atoms with Gasteiger partial charge in [0, 0.05) is 13.7 Å². The molecular formula is C17H20N2O2. The first-order valence-electron chi connectivity index (χ1n) is 6.87. The number of aryl methyl sites for hydroxylation is 1. The molecule has 0 atom stereocenters. The molecule has 110 valence electrons. The first-order valence-corrected chi connectivity index (χ1v) is 6.87. The molecule has 0 aliphatic carbocycles. The minimum absolute atomic E-state index is 0.0477. The summed E-state index contributed by atoms with van der Waals surface area (Å²) in [5, 5.41) is 6.20. The van der Waals surface area contributed by atoms with Crippen LogP contribution < -0.4 is 10.6 Å². The van der Waals surface area contributed by atoms with E-state index in [2.05, 4.69) is 29.7 Å². The standard InChI is InChI=1S/C17H20N2O2/c1-13-7-3-4-8-14(13)11-18-15-9-5-6-10-16(15)19-17(20)12-21-2/h3-10,18H,11-12H2,1-2H3,(H,19,20). The van der Waals surface area contributed by atoms with Crippen molar-refractivity contribution in [1.29, 1.82) is 0 Å². The van der Waals surface area contributed by atoms with E-state index in [1.807, 2.05) is 36.4 Å². The Kier molecular flexibility index (Phi) is 5.35. The zero-order chi connectivity index (χ0) is 15.1. The lowest BCUT2D eigenvalue weighted by molar-refractivity contribution is -0.119. The Hall–Kier alpha value is -2.33. The van der Waals surface area contributed by atoms with Gasteiger partial charge in [-0.2, -0.15) is 0 Å². The van der Waals surface area contributed by atoms with E-state index in [1.165, 1.54) is 18.2 Å². The van der Waals surface area contributed by atoms with Crippen LogP contribution in [0.3, 0.4) is 0 Å². The zero-order valence-electron chi connectivity index (χ0n) is 12.3. The summed E-state index contributed by atoms with van der Waals surface area (Å²) < 4.78 is 4.83. The van der Waals surface area contributed by atoms with Crippen molar-refractivity contribution in [2.75, 3.05) is 24.4 Å². The number of amides is 1. The van der Waals surface area contributed by atoms with Crippen LogP contribution in [0.2, 0.25) is 0 Å². The molecule has 0 aliphatic heterocycles. The van der Waals surface area contributed by atoms with E-state index in [9.17, 15) is 4.79 Å². The van der Waals surface area contributed by atoms with Crippen LogP contribution in [0, 0.1) is 6.92 Å². The van der Waals surface area contributed by atoms with Gasteiger partial charge in [-0.1, -0.05) is 36.4 Å². The van der Waals surface area contributed by atoms with Gasteiger partial charge in [-0.15, -0.1) is 0 Å². The quantitative estimate of drug-likeness (QED) is 0.856. The highest BCUT2D eigenvalue weighted by Crippen LogP contribution is 2.22. The van der Waals surface area contributed by atoms with Crippen molar-refractivity contribution < 1.29 is 9.53 Å². The lowest BCUT2D eigenvalue weighted by atomic mass is 10.1. The van der Waals surface area contributed by atoms with Crippen LogP contribution >= 0.6 is 0 Å². The monoisotopic (exact) mass is 284 g/mol. The summed E-state index contributed by atoms with van der Waals surface area (Å²) in [7, 11) is 1.50. The highest BCUT2D eigenvalue weighted by atomic mass is 16.5. The van der Waals surface area contributed by atoms with Gasteiger partial charge in [0.15, 0.2) is 0 Å². The molecule has 0 fully saturated rings. The number of carbonyl (C=O) groups excluding carboxylic acids is 1. The average molecular weight is 284 g/mol. The summed E-state index contributed by atoms with van der Waals surface area (Å²) >= 11 is 0. The molecule has 0 unspecified atom stereocenters. The molecule has 2 N–H and O–H groups in total. The van der Waals surface area contributed by atoms with Gasteiger partial charge in [0.05, 0.1) is 11.4 Å². The predicted molar refractivity (Wildman–Crippen MR) is 85.5 cm³/mol. The average Bonchev–Trinajstić information content (AvgIpc) is 2.48. The summed E-state index contributed by atoms with van der Waals surface area (Å²) in [5.41, 5.74) is 4.12. The third kappa shape index (κ3) is 4.33. The molecule has 2 aromatic rings. The molecule has 0 saturated carbocycles. The molecule has 0 aliphatic rings. The number of methoxy groups -OCH3 is 1. The molecule has 1 amide bonds. The van der Waals surface area contributed by atoms with Crippen LogP contribution in [0.4, 0.5) is 11.4 Å². The van der Waals surface area contributed by atoms with E-state index < -0.39 is 0 Å². The molecule has 0 aromatic heterocycles. The highest BCUT2D eigenvalue weighted by Gasteiger charge is 2.06. The van der Waals surface area contributed by atoms with Crippen LogP contribution in [0.15, 0.2) is 48.5 Å². The third-order valence-electron chi connectivity index (χ3n) is 3.21. The molecular weight excluding hydrogens is 264 g/mol. The largest absolute Gasteiger partial charge is 0.379 e. The first-order chi connectivity index (χ1) is 10.2. The number of ether oxygens (including phenoxy) is 1. The first kappa shape index (κ1) is 15.1. The maximum Gasteiger partial charge on any atom is 0.250 e. The van der Waals surface area contributed by atoms with Crippen LogP contribution in [-0.2, 0) is 16.1 Å². The number of benzene rings is 2. The van der Waals surface area contributed by atoms with Crippen LogP contribution in [0.25, 0.3) is 0 Å². The molecule has 0 bridgehead atoms. The van der Waals surface area contributed by atoms with Gasteiger partial charge in [0.25, 0.3) is 0 Å². The molecule has 4 heteroatoms.